The van der Waals surface area contributed by atoms with Gasteiger partial charge >= 0.3 is 5.97 Å². The predicted octanol–water partition coefficient (Wildman–Crippen LogP) is 2.92. The highest BCUT2D eigenvalue weighted by Crippen LogP contribution is 2.50. The number of aliphatic hydroxyl groups is 1. The second-order valence-corrected chi connectivity index (χ2v) is 7.37. The van der Waals surface area contributed by atoms with Gasteiger partial charge in [0.15, 0.2) is 17.3 Å². The van der Waals surface area contributed by atoms with Crippen LogP contribution in [0.15, 0.2) is 17.8 Å². The van der Waals surface area contributed by atoms with E-state index in [2.05, 4.69) is 0 Å². The van der Waals surface area contributed by atoms with Crippen molar-refractivity contribution in [2.24, 2.45) is 0 Å². The fraction of sp³-hybridized carbons (Fsp3) is 0.526. The Kier molecular flexibility index (Phi) is 3.60. The van der Waals surface area contributed by atoms with Crippen LogP contribution in [0.5, 0.6) is 0 Å². The van der Waals surface area contributed by atoms with Gasteiger partial charge in [0.1, 0.15) is 11.1 Å². The van der Waals surface area contributed by atoms with Gasteiger partial charge in [-0.3, -0.25) is 14.4 Å². The molecule has 2 heterocycles. The summed E-state index contributed by atoms with van der Waals surface area (Å²) in [7, 11) is 0. The van der Waals surface area contributed by atoms with E-state index >= 15 is 0 Å². The molecule has 0 atom stereocenters. The third kappa shape index (κ3) is 2.34. The van der Waals surface area contributed by atoms with Crippen molar-refractivity contribution in [2.45, 2.75) is 62.8 Å². The number of aromatic nitrogens is 1. The first-order valence-corrected chi connectivity index (χ1v) is 8.91. The molecular weight excluding hydrogens is 322 g/mol. The Balaban J connectivity index is 1.84. The van der Waals surface area contributed by atoms with Gasteiger partial charge in [-0.25, -0.2) is 0 Å². The number of rotatable bonds is 5. The van der Waals surface area contributed by atoms with Crippen molar-refractivity contribution >= 4 is 23.3 Å². The molecule has 0 saturated heterocycles. The molecule has 1 spiro atoms. The third-order valence-corrected chi connectivity index (χ3v) is 5.78. The number of ketones is 2. The van der Waals surface area contributed by atoms with E-state index in [4.69, 9.17) is 5.11 Å². The van der Waals surface area contributed by atoms with E-state index < -0.39 is 17.3 Å². The smallest absolute Gasteiger partial charge is 0.303 e. The first-order valence-electron chi connectivity index (χ1n) is 8.91. The Morgan fingerprint density at radius 2 is 1.88 bits per heavy atom. The highest BCUT2D eigenvalue weighted by molar-refractivity contribution is 6.27. The number of carbonyl (C=O) groups excluding carboxylic acids is 2. The highest BCUT2D eigenvalue weighted by Gasteiger charge is 2.51. The lowest BCUT2D eigenvalue weighted by atomic mass is 9.80. The molecule has 0 amide bonds. The molecule has 6 nitrogen and oxygen atoms in total. The van der Waals surface area contributed by atoms with Crippen molar-refractivity contribution in [3.63, 3.8) is 0 Å². The number of carbonyl (C=O) groups is 3. The van der Waals surface area contributed by atoms with Crippen LogP contribution in [0.2, 0.25) is 0 Å². The lowest BCUT2D eigenvalue weighted by Gasteiger charge is -2.36. The number of Topliss-reactive ketones (excluding diaryl/α,β-unsaturated/α-hetero) is 2. The summed E-state index contributed by atoms with van der Waals surface area (Å²) in [6.45, 7) is 0. The fourth-order valence-electron chi connectivity index (χ4n) is 4.38. The maximum atomic E-state index is 13.2. The van der Waals surface area contributed by atoms with E-state index in [1.165, 1.54) is 0 Å². The topological polar surface area (TPSA) is 96.6 Å². The molecule has 4 rings (SSSR count). The molecule has 2 saturated carbocycles. The lowest BCUT2D eigenvalue weighted by molar-refractivity contribution is -0.138. The molecule has 3 aliphatic rings. The van der Waals surface area contributed by atoms with Gasteiger partial charge in [0.25, 0.3) is 0 Å². The largest absolute Gasteiger partial charge is 0.505 e. The van der Waals surface area contributed by atoms with Crippen LogP contribution in [0.3, 0.4) is 0 Å². The van der Waals surface area contributed by atoms with Gasteiger partial charge in [-0.05, 0) is 43.2 Å². The standard InChI is InChI=1S/C19H21NO5/c21-13(5-6-14(22)23)15-17(24)16-12(11-3-4-11)7-10-20(16)19(18(15)25)8-1-2-9-19/h7,10-11,24H,1-6,8-9H2,(H,22,23). The molecule has 1 aromatic rings. The van der Waals surface area contributed by atoms with Crippen LogP contribution in [0.25, 0.3) is 5.76 Å². The second kappa shape index (κ2) is 5.58. The van der Waals surface area contributed by atoms with Crippen LogP contribution in [0.4, 0.5) is 0 Å². The minimum absolute atomic E-state index is 0.184. The van der Waals surface area contributed by atoms with Crippen LogP contribution in [0.1, 0.15) is 68.5 Å². The van der Waals surface area contributed by atoms with Gasteiger partial charge in [0.05, 0.1) is 12.1 Å². The number of hydrogen-bond acceptors (Lipinski definition) is 4. The number of hydrogen-bond donors (Lipinski definition) is 2. The summed E-state index contributed by atoms with van der Waals surface area (Å²) < 4.78 is 1.89. The Morgan fingerprint density at radius 3 is 2.48 bits per heavy atom. The summed E-state index contributed by atoms with van der Waals surface area (Å²) in [6.07, 6.45) is 6.48. The molecule has 0 bridgehead atoms. The van der Waals surface area contributed by atoms with Crippen molar-refractivity contribution < 1.29 is 24.6 Å². The molecule has 2 aliphatic carbocycles. The van der Waals surface area contributed by atoms with Crippen LogP contribution in [-0.2, 0) is 19.9 Å². The molecule has 25 heavy (non-hydrogen) atoms. The molecule has 0 unspecified atom stereocenters. The van der Waals surface area contributed by atoms with Crippen LogP contribution in [0, 0.1) is 0 Å². The molecule has 132 valence electrons. The van der Waals surface area contributed by atoms with Gasteiger partial charge < -0.3 is 14.8 Å². The number of allylic oxidation sites excluding steroid dienone is 1. The zero-order valence-electron chi connectivity index (χ0n) is 14.0. The average molecular weight is 343 g/mol. The zero-order chi connectivity index (χ0) is 17.8. The Morgan fingerprint density at radius 1 is 1.20 bits per heavy atom. The Labute approximate surface area is 145 Å². The van der Waals surface area contributed by atoms with Gasteiger partial charge in [-0.1, -0.05) is 12.8 Å². The maximum Gasteiger partial charge on any atom is 0.303 e. The maximum absolute atomic E-state index is 13.2. The molecule has 0 radical (unpaired) electrons. The van der Waals surface area contributed by atoms with Crippen molar-refractivity contribution in [1.82, 2.24) is 4.57 Å². The van der Waals surface area contributed by atoms with Crippen molar-refractivity contribution in [2.75, 3.05) is 0 Å². The normalized spacial score (nSPS) is 21.7. The zero-order valence-corrected chi connectivity index (χ0v) is 14.0. The van der Waals surface area contributed by atoms with E-state index in [1.807, 2.05) is 16.8 Å². The van der Waals surface area contributed by atoms with Crippen LogP contribution < -0.4 is 0 Å². The minimum Gasteiger partial charge on any atom is -0.505 e. The first-order chi connectivity index (χ1) is 12.0. The fourth-order valence-corrected chi connectivity index (χ4v) is 4.38. The van der Waals surface area contributed by atoms with Gasteiger partial charge in [0.2, 0.25) is 0 Å². The second-order valence-electron chi connectivity index (χ2n) is 7.37. The van der Waals surface area contributed by atoms with E-state index in [-0.39, 0.29) is 30.0 Å². The number of fused-ring (bicyclic) bond motifs is 2. The monoisotopic (exact) mass is 343 g/mol. The summed E-state index contributed by atoms with van der Waals surface area (Å²) in [6, 6.07) is 1.96. The summed E-state index contributed by atoms with van der Waals surface area (Å²) >= 11 is 0. The molecule has 1 aromatic heterocycles. The quantitative estimate of drug-likeness (QED) is 0.801. The van der Waals surface area contributed by atoms with Crippen molar-refractivity contribution in [3.05, 3.63) is 29.1 Å². The minimum atomic E-state index is -1.09. The molecule has 1 aliphatic heterocycles. The Bertz CT molecular complexity index is 806. The number of carboxylic acids is 1. The number of aliphatic carboxylic acids is 1. The highest BCUT2D eigenvalue weighted by atomic mass is 16.4. The van der Waals surface area contributed by atoms with Gasteiger partial charge in [-0.15, -0.1) is 0 Å². The van der Waals surface area contributed by atoms with Crippen molar-refractivity contribution in [3.8, 4) is 0 Å². The summed E-state index contributed by atoms with van der Waals surface area (Å²) in [5.74, 6) is -1.88. The number of nitrogens with zero attached hydrogens (tertiary/aromatic N) is 1. The third-order valence-electron chi connectivity index (χ3n) is 5.78. The van der Waals surface area contributed by atoms with Crippen molar-refractivity contribution in [1.29, 1.82) is 0 Å². The molecule has 2 fully saturated rings. The molecular formula is C19H21NO5. The predicted molar refractivity (Wildman–Crippen MR) is 89.3 cm³/mol. The van der Waals surface area contributed by atoms with E-state index in [9.17, 15) is 19.5 Å². The Hall–Kier alpha value is -2.37. The van der Waals surface area contributed by atoms with Crippen LogP contribution >= 0.6 is 0 Å². The van der Waals surface area contributed by atoms with E-state index in [0.717, 1.165) is 31.2 Å². The van der Waals surface area contributed by atoms with E-state index in [0.29, 0.717) is 24.5 Å². The number of aliphatic hydroxyl groups excluding tert-OH is 1. The van der Waals surface area contributed by atoms with E-state index in [1.54, 1.807) is 0 Å². The first kappa shape index (κ1) is 16.1. The number of carboxylic acid groups (broad SMARTS) is 1. The SMILES string of the molecule is O=C(O)CCC(=O)C1=C(O)c2c(C3CC3)ccn2C2(CCCC2)C1=O. The average Bonchev–Trinajstić information content (AvgIpc) is 3.12. The molecule has 0 aromatic carbocycles. The summed E-state index contributed by atoms with van der Waals surface area (Å²) in [5, 5.41) is 19.6. The molecule has 6 heteroatoms. The summed E-state index contributed by atoms with van der Waals surface area (Å²) in [4.78, 5) is 36.6. The molecule has 2 N–H and O–H groups in total. The van der Waals surface area contributed by atoms with Gasteiger partial charge in [-0.2, -0.15) is 0 Å². The van der Waals surface area contributed by atoms with Crippen LogP contribution in [-0.4, -0.2) is 32.3 Å². The summed E-state index contributed by atoms with van der Waals surface area (Å²) in [5.41, 5.74) is 0.627. The van der Waals surface area contributed by atoms with Gasteiger partial charge in [0, 0.05) is 12.6 Å². The lowest BCUT2D eigenvalue weighted by Crippen LogP contribution is -2.45.